The minimum atomic E-state index is -3.77. The number of piperidine rings is 1. The van der Waals surface area contributed by atoms with Gasteiger partial charge in [-0.05, 0) is 18.9 Å². The lowest BCUT2D eigenvalue weighted by molar-refractivity contribution is -0.142. The molecule has 1 atom stereocenters. The maximum atomic E-state index is 12.4. The number of halogens is 2. The first-order valence-corrected chi connectivity index (χ1v) is 8.51. The number of carbonyl (C=O) groups is 1. The Morgan fingerprint density at radius 1 is 1.47 bits per heavy atom. The van der Waals surface area contributed by atoms with Crippen LogP contribution in [-0.4, -0.2) is 36.9 Å². The minimum Gasteiger partial charge on any atom is -0.481 e. The summed E-state index contributed by atoms with van der Waals surface area (Å²) in [7, 11) is -3.77. The van der Waals surface area contributed by atoms with Crippen LogP contribution >= 0.6 is 34.5 Å². The zero-order chi connectivity index (χ0) is 14.2. The third-order valence-corrected chi connectivity index (χ3v) is 6.59. The summed E-state index contributed by atoms with van der Waals surface area (Å²) in [5, 5.41) is 8.98. The van der Waals surface area contributed by atoms with Gasteiger partial charge in [0.15, 0.2) is 0 Å². The van der Waals surface area contributed by atoms with Gasteiger partial charge in [0, 0.05) is 13.1 Å². The zero-order valence-corrected chi connectivity index (χ0v) is 12.8. The maximum Gasteiger partial charge on any atom is 0.307 e. The molecule has 1 saturated heterocycles. The summed E-state index contributed by atoms with van der Waals surface area (Å²) in [6.45, 7) is 0.275. The Bertz CT molecular complexity index is 599. The predicted molar refractivity (Wildman–Crippen MR) is 73.5 cm³/mol. The van der Waals surface area contributed by atoms with Crippen molar-refractivity contribution >= 4 is 50.5 Å². The van der Waals surface area contributed by atoms with E-state index in [0.717, 1.165) is 11.3 Å². The van der Waals surface area contributed by atoms with Crippen LogP contribution in [0.3, 0.4) is 0 Å². The SMILES string of the molecule is O=C(O)[C@@H]1CCCN(S(=O)(=O)c2cc(Cl)sc2Cl)C1. The van der Waals surface area contributed by atoms with Crippen LogP contribution in [-0.2, 0) is 14.8 Å². The first-order chi connectivity index (χ1) is 8.82. The molecule has 0 bridgehead atoms. The van der Waals surface area contributed by atoms with E-state index in [2.05, 4.69) is 0 Å². The maximum absolute atomic E-state index is 12.4. The predicted octanol–water partition coefficient (Wildman–Crippen LogP) is 2.54. The largest absolute Gasteiger partial charge is 0.481 e. The molecule has 1 aliphatic rings. The number of thiophene rings is 1. The lowest BCUT2D eigenvalue weighted by atomic mass is 10.0. The Morgan fingerprint density at radius 2 is 2.16 bits per heavy atom. The van der Waals surface area contributed by atoms with Gasteiger partial charge in [-0.25, -0.2) is 8.42 Å². The van der Waals surface area contributed by atoms with Gasteiger partial charge >= 0.3 is 5.97 Å². The molecule has 0 spiro atoms. The van der Waals surface area contributed by atoms with Crippen molar-refractivity contribution in [1.29, 1.82) is 0 Å². The molecule has 2 rings (SSSR count). The molecule has 0 aliphatic carbocycles. The Balaban J connectivity index is 2.29. The number of carboxylic acid groups (broad SMARTS) is 1. The first-order valence-electron chi connectivity index (χ1n) is 5.50. The second kappa shape index (κ2) is 5.57. The summed E-state index contributed by atoms with van der Waals surface area (Å²) in [5.41, 5.74) is 0. The van der Waals surface area contributed by atoms with E-state index in [1.165, 1.54) is 10.4 Å². The number of rotatable bonds is 3. The van der Waals surface area contributed by atoms with Gasteiger partial charge in [0.2, 0.25) is 10.0 Å². The van der Waals surface area contributed by atoms with E-state index in [4.69, 9.17) is 28.3 Å². The number of carboxylic acids is 1. The van der Waals surface area contributed by atoms with Crippen LogP contribution in [0.1, 0.15) is 12.8 Å². The zero-order valence-electron chi connectivity index (χ0n) is 9.67. The number of aliphatic carboxylic acids is 1. The Morgan fingerprint density at radius 3 is 2.68 bits per heavy atom. The highest BCUT2D eigenvalue weighted by molar-refractivity contribution is 7.89. The third-order valence-electron chi connectivity index (χ3n) is 2.98. The van der Waals surface area contributed by atoms with Gasteiger partial charge in [-0.2, -0.15) is 4.31 Å². The lowest BCUT2D eigenvalue weighted by Crippen LogP contribution is -2.42. The van der Waals surface area contributed by atoms with E-state index >= 15 is 0 Å². The second-order valence-corrected chi connectivity index (χ2v) is 8.42. The molecule has 19 heavy (non-hydrogen) atoms. The van der Waals surface area contributed by atoms with Crippen LogP contribution in [0.5, 0.6) is 0 Å². The molecule has 2 heterocycles. The average molecular weight is 344 g/mol. The quantitative estimate of drug-likeness (QED) is 0.914. The topological polar surface area (TPSA) is 74.7 Å². The fraction of sp³-hybridized carbons (Fsp3) is 0.500. The highest BCUT2D eigenvalue weighted by Gasteiger charge is 2.35. The molecule has 1 N–H and O–H groups in total. The fourth-order valence-electron chi connectivity index (χ4n) is 2.00. The van der Waals surface area contributed by atoms with Crippen LogP contribution in [0, 0.1) is 5.92 Å². The molecular weight excluding hydrogens is 333 g/mol. The van der Waals surface area contributed by atoms with Crippen LogP contribution in [0.15, 0.2) is 11.0 Å². The second-order valence-electron chi connectivity index (χ2n) is 4.23. The van der Waals surface area contributed by atoms with Crippen LogP contribution in [0.4, 0.5) is 0 Å². The van der Waals surface area contributed by atoms with Gasteiger partial charge in [0.05, 0.1) is 10.3 Å². The number of hydrogen-bond acceptors (Lipinski definition) is 4. The molecule has 1 fully saturated rings. The summed E-state index contributed by atoms with van der Waals surface area (Å²) in [6, 6.07) is 1.30. The van der Waals surface area contributed by atoms with Crippen molar-refractivity contribution in [3.8, 4) is 0 Å². The summed E-state index contributed by atoms with van der Waals surface area (Å²) in [5.74, 6) is -1.65. The third kappa shape index (κ3) is 3.05. The monoisotopic (exact) mass is 343 g/mol. The van der Waals surface area contributed by atoms with Crippen LogP contribution in [0.2, 0.25) is 8.67 Å². The standard InChI is InChI=1S/C10H11Cl2NO4S2/c11-8-4-7(9(12)18-8)19(16,17)13-3-1-2-6(5-13)10(14)15/h4,6H,1-3,5H2,(H,14,15)/t6-/m1/s1. The molecule has 1 aliphatic heterocycles. The molecule has 0 saturated carbocycles. The Kier molecular flexibility index (Phi) is 4.42. The Hall–Kier alpha value is -0.340. The van der Waals surface area contributed by atoms with E-state index < -0.39 is 21.9 Å². The van der Waals surface area contributed by atoms with Crippen LogP contribution < -0.4 is 0 Å². The highest BCUT2D eigenvalue weighted by Crippen LogP contribution is 2.36. The van der Waals surface area contributed by atoms with Crippen LogP contribution in [0.25, 0.3) is 0 Å². The van der Waals surface area contributed by atoms with Crippen molar-refractivity contribution in [3.63, 3.8) is 0 Å². The lowest BCUT2D eigenvalue weighted by Gasteiger charge is -2.29. The average Bonchev–Trinajstić information content (AvgIpc) is 2.69. The smallest absolute Gasteiger partial charge is 0.307 e. The van der Waals surface area contributed by atoms with Crippen molar-refractivity contribution in [2.75, 3.05) is 13.1 Å². The van der Waals surface area contributed by atoms with E-state index in [9.17, 15) is 13.2 Å². The fourth-order valence-corrected chi connectivity index (χ4v) is 5.64. The van der Waals surface area contributed by atoms with Crippen molar-refractivity contribution in [2.45, 2.75) is 17.7 Å². The van der Waals surface area contributed by atoms with Gasteiger partial charge < -0.3 is 5.11 Å². The van der Waals surface area contributed by atoms with Gasteiger partial charge in [-0.15, -0.1) is 11.3 Å². The molecule has 0 amide bonds. The molecule has 5 nitrogen and oxygen atoms in total. The molecule has 106 valence electrons. The molecule has 1 aromatic rings. The van der Waals surface area contributed by atoms with Gasteiger partial charge in [-0.3, -0.25) is 4.79 Å². The normalized spacial score (nSPS) is 21.5. The summed E-state index contributed by atoms with van der Waals surface area (Å²) in [4.78, 5) is 10.9. The molecule has 9 heteroatoms. The first kappa shape index (κ1) is 15.1. The van der Waals surface area contributed by atoms with Gasteiger partial charge in [0.1, 0.15) is 9.23 Å². The number of sulfonamides is 1. The summed E-state index contributed by atoms with van der Waals surface area (Å²) in [6.07, 6.45) is 1.01. The molecule has 0 radical (unpaired) electrons. The Labute approximate surface area is 124 Å². The summed E-state index contributed by atoms with van der Waals surface area (Å²) >= 11 is 12.6. The molecule has 1 aromatic heterocycles. The number of nitrogens with zero attached hydrogens (tertiary/aromatic N) is 1. The summed E-state index contributed by atoms with van der Waals surface area (Å²) < 4.78 is 26.3. The van der Waals surface area contributed by atoms with Crippen molar-refractivity contribution in [3.05, 3.63) is 14.7 Å². The van der Waals surface area contributed by atoms with E-state index in [0.29, 0.717) is 19.4 Å². The van der Waals surface area contributed by atoms with E-state index in [1.54, 1.807) is 0 Å². The van der Waals surface area contributed by atoms with E-state index in [1.807, 2.05) is 0 Å². The molecular formula is C10H11Cl2NO4S2. The minimum absolute atomic E-state index is 0.0263. The molecule has 0 unspecified atom stereocenters. The van der Waals surface area contributed by atoms with E-state index in [-0.39, 0.29) is 20.1 Å². The van der Waals surface area contributed by atoms with Crippen molar-refractivity contribution in [2.24, 2.45) is 5.92 Å². The molecule has 0 aromatic carbocycles. The highest BCUT2D eigenvalue weighted by atomic mass is 35.5. The van der Waals surface area contributed by atoms with Crippen molar-refractivity contribution in [1.82, 2.24) is 4.31 Å². The van der Waals surface area contributed by atoms with Crippen molar-refractivity contribution < 1.29 is 18.3 Å². The van der Waals surface area contributed by atoms with Gasteiger partial charge in [0.25, 0.3) is 0 Å². The van der Waals surface area contributed by atoms with Gasteiger partial charge in [-0.1, -0.05) is 23.2 Å². The number of hydrogen-bond donors (Lipinski definition) is 1.